The molecule has 31 heavy (non-hydrogen) atoms. The minimum Gasteiger partial charge on any atom is -0.269 e. The zero-order valence-electron chi connectivity index (χ0n) is 17.6. The van der Waals surface area contributed by atoms with Gasteiger partial charge in [-0.05, 0) is 43.7 Å². The Labute approximate surface area is 181 Å². The first-order valence-electron chi connectivity index (χ1n) is 10.5. The average Bonchev–Trinajstić information content (AvgIpc) is 3.41. The fourth-order valence-electron chi connectivity index (χ4n) is 4.39. The molecule has 4 aromatic rings. The van der Waals surface area contributed by atoms with Crippen molar-refractivity contribution in [1.29, 1.82) is 0 Å². The molecule has 4 aromatic heterocycles. The quantitative estimate of drug-likeness (QED) is 0.432. The molecule has 0 N–H and O–H groups in total. The van der Waals surface area contributed by atoms with Crippen molar-refractivity contribution in [1.82, 2.24) is 29.4 Å². The molecule has 1 aliphatic rings. The van der Waals surface area contributed by atoms with Crippen LogP contribution in [-0.2, 0) is 25.6 Å². The molecule has 4 heterocycles. The summed E-state index contributed by atoms with van der Waals surface area (Å²) in [5, 5.41) is 9.40. The number of nitrogens with zero attached hydrogens (tertiary/aromatic N) is 6. The number of aryl methyl sites for hydroxylation is 2. The van der Waals surface area contributed by atoms with E-state index in [4.69, 9.17) is 4.98 Å². The van der Waals surface area contributed by atoms with Gasteiger partial charge in [-0.25, -0.2) is 14.5 Å². The topological polar surface area (TPSA) is 60.9 Å². The number of rotatable bonds is 4. The van der Waals surface area contributed by atoms with Crippen molar-refractivity contribution in [3.8, 4) is 0 Å². The Kier molecular flexibility index (Phi) is 4.80. The molecule has 0 aromatic carbocycles. The molecule has 10 heteroatoms. The maximum Gasteiger partial charge on any atom is 0.435 e. The largest absolute Gasteiger partial charge is 0.435 e. The van der Waals surface area contributed by atoms with Crippen molar-refractivity contribution in [2.24, 2.45) is 5.92 Å². The monoisotopic (exact) mass is 448 g/mol. The third-order valence-electron chi connectivity index (χ3n) is 6.24. The molecule has 5 rings (SSSR count). The summed E-state index contributed by atoms with van der Waals surface area (Å²) < 4.78 is 42.0. The molecule has 164 valence electrons. The smallest absolute Gasteiger partial charge is 0.269 e. The summed E-state index contributed by atoms with van der Waals surface area (Å²) in [5.41, 5.74) is 1.71. The Morgan fingerprint density at radius 2 is 2.10 bits per heavy atom. The van der Waals surface area contributed by atoms with Gasteiger partial charge in [-0.2, -0.15) is 18.3 Å². The summed E-state index contributed by atoms with van der Waals surface area (Å²) in [6.45, 7) is 6.04. The van der Waals surface area contributed by atoms with E-state index in [2.05, 4.69) is 22.1 Å². The van der Waals surface area contributed by atoms with Gasteiger partial charge in [-0.15, -0.1) is 16.4 Å². The van der Waals surface area contributed by atoms with Crippen molar-refractivity contribution in [2.75, 3.05) is 0 Å². The zero-order chi connectivity index (χ0) is 21.9. The molecule has 0 saturated carbocycles. The third-order valence-corrected chi connectivity index (χ3v) is 7.40. The number of thiophene rings is 1. The molecular formula is C21H23F3N6S. The fraction of sp³-hybridized carbons (Fsp3) is 0.524. The molecule has 0 unspecified atom stereocenters. The minimum atomic E-state index is -4.45. The van der Waals surface area contributed by atoms with E-state index >= 15 is 0 Å². The summed E-state index contributed by atoms with van der Waals surface area (Å²) in [6.07, 6.45) is 1.71. The van der Waals surface area contributed by atoms with Gasteiger partial charge in [0, 0.05) is 16.5 Å². The lowest BCUT2D eigenvalue weighted by Gasteiger charge is -2.20. The lowest BCUT2D eigenvalue weighted by molar-refractivity contribution is -0.141. The Hall–Kier alpha value is -2.49. The molecular weight excluding hydrogens is 425 g/mol. The number of hydrogen-bond donors (Lipinski definition) is 0. The molecule has 0 aliphatic heterocycles. The van der Waals surface area contributed by atoms with Crippen LogP contribution in [0.1, 0.15) is 60.3 Å². The molecule has 1 aliphatic carbocycles. The van der Waals surface area contributed by atoms with Crippen LogP contribution in [0, 0.1) is 12.8 Å². The van der Waals surface area contributed by atoms with Crippen molar-refractivity contribution >= 4 is 27.2 Å². The first-order chi connectivity index (χ1) is 14.7. The van der Waals surface area contributed by atoms with Gasteiger partial charge < -0.3 is 0 Å². The van der Waals surface area contributed by atoms with Gasteiger partial charge in [-0.1, -0.05) is 20.3 Å². The first kappa shape index (κ1) is 20.4. The average molecular weight is 449 g/mol. The Bertz CT molecular complexity index is 1270. The van der Waals surface area contributed by atoms with Crippen molar-refractivity contribution in [3.05, 3.63) is 40.0 Å². The Morgan fingerprint density at radius 1 is 1.29 bits per heavy atom. The van der Waals surface area contributed by atoms with Crippen LogP contribution in [0.2, 0.25) is 0 Å². The summed E-state index contributed by atoms with van der Waals surface area (Å²) in [6, 6.07) is 1.07. The van der Waals surface area contributed by atoms with Gasteiger partial charge in [0.2, 0.25) is 0 Å². The van der Waals surface area contributed by atoms with Crippen molar-refractivity contribution < 1.29 is 13.2 Å². The molecule has 0 spiro atoms. The van der Waals surface area contributed by atoms with Crippen LogP contribution in [-0.4, -0.2) is 29.4 Å². The van der Waals surface area contributed by atoms with E-state index in [-0.39, 0.29) is 12.5 Å². The van der Waals surface area contributed by atoms with E-state index < -0.39 is 11.9 Å². The van der Waals surface area contributed by atoms with Crippen LogP contribution in [0.25, 0.3) is 15.9 Å². The maximum absolute atomic E-state index is 13.0. The number of alkyl halides is 3. The fourth-order valence-corrected chi connectivity index (χ4v) is 5.69. The molecule has 0 saturated heterocycles. The zero-order valence-corrected chi connectivity index (χ0v) is 18.4. The van der Waals surface area contributed by atoms with E-state index in [1.165, 1.54) is 28.0 Å². The second-order valence-electron chi connectivity index (χ2n) is 8.44. The number of aromatic nitrogens is 6. The second kappa shape index (κ2) is 7.29. The molecule has 0 amide bonds. The predicted octanol–water partition coefficient (Wildman–Crippen LogP) is 5.18. The highest BCUT2D eigenvalue weighted by molar-refractivity contribution is 7.19. The van der Waals surface area contributed by atoms with Gasteiger partial charge in [-0.3, -0.25) is 4.68 Å². The second-order valence-corrected chi connectivity index (χ2v) is 9.52. The normalized spacial score (nSPS) is 18.1. The highest BCUT2D eigenvalue weighted by Crippen LogP contribution is 2.39. The van der Waals surface area contributed by atoms with Gasteiger partial charge in [0.15, 0.2) is 17.2 Å². The Balaban J connectivity index is 1.49. The SMILES string of the molecule is CC[C@H]1CCc2c(sc3ncn4nc([C@H](C)Cn5nc(C(F)(F)F)cc5C)nc4c23)C1. The lowest BCUT2D eigenvalue weighted by Crippen LogP contribution is -2.12. The molecule has 0 fully saturated rings. The van der Waals surface area contributed by atoms with E-state index in [0.29, 0.717) is 11.5 Å². The van der Waals surface area contributed by atoms with Gasteiger partial charge >= 0.3 is 6.18 Å². The highest BCUT2D eigenvalue weighted by atomic mass is 32.1. The van der Waals surface area contributed by atoms with E-state index in [9.17, 15) is 13.2 Å². The lowest BCUT2D eigenvalue weighted by atomic mass is 9.86. The maximum atomic E-state index is 13.0. The summed E-state index contributed by atoms with van der Waals surface area (Å²) in [4.78, 5) is 11.8. The van der Waals surface area contributed by atoms with Crippen LogP contribution in [0.15, 0.2) is 12.4 Å². The van der Waals surface area contributed by atoms with E-state index in [1.807, 2.05) is 6.92 Å². The minimum absolute atomic E-state index is 0.200. The first-order valence-corrected chi connectivity index (χ1v) is 11.3. The Morgan fingerprint density at radius 3 is 2.81 bits per heavy atom. The predicted molar refractivity (Wildman–Crippen MR) is 112 cm³/mol. The van der Waals surface area contributed by atoms with Crippen LogP contribution >= 0.6 is 11.3 Å². The van der Waals surface area contributed by atoms with Gasteiger partial charge in [0.25, 0.3) is 0 Å². The van der Waals surface area contributed by atoms with Crippen LogP contribution in [0.4, 0.5) is 13.2 Å². The summed E-state index contributed by atoms with van der Waals surface area (Å²) >= 11 is 1.75. The molecule has 2 atom stereocenters. The molecule has 6 nitrogen and oxygen atoms in total. The van der Waals surface area contributed by atoms with Crippen molar-refractivity contribution in [3.63, 3.8) is 0 Å². The third kappa shape index (κ3) is 3.50. The molecule has 0 bridgehead atoms. The summed E-state index contributed by atoms with van der Waals surface area (Å²) in [5.74, 6) is 1.11. The highest BCUT2D eigenvalue weighted by Gasteiger charge is 2.34. The van der Waals surface area contributed by atoms with Crippen LogP contribution in [0.3, 0.4) is 0 Å². The van der Waals surface area contributed by atoms with E-state index in [1.54, 1.807) is 29.1 Å². The summed E-state index contributed by atoms with van der Waals surface area (Å²) in [7, 11) is 0. The van der Waals surface area contributed by atoms with Gasteiger partial charge in [0.05, 0.1) is 11.9 Å². The molecule has 0 radical (unpaired) electrons. The van der Waals surface area contributed by atoms with Crippen LogP contribution < -0.4 is 0 Å². The number of hydrogen-bond acceptors (Lipinski definition) is 5. The van der Waals surface area contributed by atoms with Gasteiger partial charge in [0.1, 0.15) is 11.2 Å². The van der Waals surface area contributed by atoms with E-state index in [0.717, 1.165) is 40.7 Å². The standard InChI is InChI=1S/C21H23F3N6S/c1-4-13-5-6-14-15(8-13)31-20-17(14)19-26-18(28-30(19)10-25-20)11(2)9-29-12(3)7-16(27-29)21(22,23)24/h7,10-11,13H,4-6,8-9H2,1-3H3/t11-,13+/m1/s1. The number of halogens is 3. The van der Waals surface area contributed by atoms with Crippen molar-refractivity contribution in [2.45, 2.75) is 65.1 Å². The number of fused-ring (bicyclic) bond motifs is 5. The van der Waals surface area contributed by atoms with Crippen LogP contribution in [0.5, 0.6) is 0 Å².